The molecule has 2 unspecified atom stereocenters. The van der Waals surface area contributed by atoms with Crippen LogP contribution in [0.3, 0.4) is 0 Å². The summed E-state index contributed by atoms with van der Waals surface area (Å²) in [5.41, 5.74) is -0.771. The Balaban J connectivity index is 2.04. The fourth-order valence-electron chi connectivity index (χ4n) is 3.79. The van der Waals surface area contributed by atoms with Crippen molar-refractivity contribution in [3.8, 4) is 6.07 Å². The van der Waals surface area contributed by atoms with Gasteiger partial charge in [0.1, 0.15) is 21.9 Å². The Kier molecular flexibility index (Phi) is 7.90. The number of aryl methyl sites for hydroxylation is 1. The van der Waals surface area contributed by atoms with E-state index >= 15 is 0 Å². The van der Waals surface area contributed by atoms with Crippen molar-refractivity contribution in [3.05, 3.63) is 64.2 Å². The number of hydrogen-bond acceptors (Lipinski definition) is 7. The fraction of sp³-hybridized carbons (Fsp3) is 0.440. The second-order valence-electron chi connectivity index (χ2n) is 10.3. The summed E-state index contributed by atoms with van der Waals surface area (Å²) < 4.78 is 70.5. The number of fused-ring (bicyclic) bond motifs is 1. The minimum absolute atomic E-state index is 0.136. The Hall–Kier alpha value is -2.10. The van der Waals surface area contributed by atoms with E-state index in [0.29, 0.717) is 11.1 Å². The van der Waals surface area contributed by atoms with Crippen molar-refractivity contribution in [3.63, 3.8) is 0 Å². The van der Waals surface area contributed by atoms with E-state index in [1.807, 2.05) is 19.1 Å². The molecule has 0 saturated carbocycles. The molecule has 0 aliphatic heterocycles. The Morgan fingerprint density at radius 1 is 1.14 bits per heavy atom. The molecule has 1 aromatic heterocycles. The zero-order valence-corrected chi connectivity index (χ0v) is 23.4. The van der Waals surface area contributed by atoms with Gasteiger partial charge in [0.2, 0.25) is 0 Å². The van der Waals surface area contributed by atoms with Crippen LogP contribution in [0.4, 0.5) is 8.78 Å². The van der Waals surface area contributed by atoms with Crippen LogP contribution in [0, 0.1) is 29.9 Å². The molecule has 0 fully saturated rings. The van der Waals surface area contributed by atoms with Crippen molar-refractivity contribution in [2.45, 2.75) is 63.0 Å². The normalized spacial score (nSPS) is 16.8. The number of nitrogens with one attached hydrogen (secondary N) is 1. The number of thiazole rings is 1. The lowest BCUT2D eigenvalue weighted by molar-refractivity contribution is 0.427. The van der Waals surface area contributed by atoms with Gasteiger partial charge in [-0.1, -0.05) is 6.07 Å². The van der Waals surface area contributed by atoms with E-state index in [1.165, 1.54) is 25.2 Å². The van der Waals surface area contributed by atoms with Gasteiger partial charge in [0, 0.05) is 23.3 Å². The average molecular weight is 554 g/mol. The molecule has 0 radical (unpaired) electrons. The molecule has 11 heteroatoms. The number of sulfone groups is 1. The summed E-state index contributed by atoms with van der Waals surface area (Å²) in [6.45, 7) is 9.54. The van der Waals surface area contributed by atoms with Crippen molar-refractivity contribution in [1.82, 2.24) is 9.71 Å². The first-order valence-corrected chi connectivity index (χ1v) is 14.8. The number of benzene rings is 2. The molecule has 0 spiro atoms. The lowest BCUT2D eigenvalue weighted by atomic mass is 9.94. The number of nitrogens with zero attached hydrogens (tertiary/aromatic N) is 2. The van der Waals surface area contributed by atoms with Gasteiger partial charge in [-0.2, -0.15) is 5.26 Å². The molecule has 0 aliphatic carbocycles. The smallest absolute Gasteiger partial charge is 0.171 e. The van der Waals surface area contributed by atoms with E-state index < -0.39 is 53.6 Å². The number of nitriles is 1. The first-order chi connectivity index (χ1) is 16.5. The van der Waals surface area contributed by atoms with E-state index in [2.05, 4.69) is 9.71 Å². The maximum Gasteiger partial charge on any atom is 0.171 e. The number of hydrogen-bond donors (Lipinski definition) is 1. The molecule has 6 nitrogen and oxygen atoms in total. The maximum atomic E-state index is 14.9. The number of halogens is 2. The van der Waals surface area contributed by atoms with Crippen LogP contribution in [0.1, 0.15) is 50.8 Å². The second kappa shape index (κ2) is 9.99. The largest absolute Gasteiger partial charge is 0.598 e. The van der Waals surface area contributed by atoms with E-state index in [0.717, 1.165) is 27.9 Å². The summed E-state index contributed by atoms with van der Waals surface area (Å²) in [5.74, 6) is -2.41. The van der Waals surface area contributed by atoms with E-state index in [1.54, 1.807) is 32.9 Å². The Morgan fingerprint density at radius 2 is 1.81 bits per heavy atom. The average Bonchev–Trinajstić information content (AvgIpc) is 3.13. The van der Waals surface area contributed by atoms with Crippen molar-refractivity contribution in [1.29, 1.82) is 5.26 Å². The molecule has 3 aromatic rings. The van der Waals surface area contributed by atoms with Crippen LogP contribution in [-0.4, -0.2) is 33.2 Å². The molecule has 3 rings (SSSR count). The van der Waals surface area contributed by atoms with Crippen LogP contribution in [0.15, 0.2) is 36.4 Å². The van der Waals surface area contributed by atoms with Gasteiger partial charge < -0.3 is 4.55 Å². The zero-order chi connectivity index (χ0) is 27.1. The first kappa shape index (κ1) is 28.5. The molecule has 1 heterocycles. The predicted octanol–water partition coefficient (Wildman–Crippen LogP) is 5.09. The molecule has 0 aliphatic rings. The van der Waals surface area contributed by atoms with Crippen LogP contribution >= 0.6 is 11.3 Å². The van der Waals surface area contributed by atoms with Gasteiger partial charge in [0.15, 0.2) is 14.6 Å². The van der Waals surface area contributed by atoms with Crippen molar-refractivity contribution in [2.75, 3.05) is 5.75 Å². The van der Waals surface area contributed by atoms with Gasteiger partial charge in [-0.05, 0) is 77.4 Å². The van der Waals surface area contributed by atoms with Crippen molar-refractivity contribution in [2.24, 2.45) is 0 Å². The van der Waals surface area contributed by atoms with Gasteiger partial charge in [-0.25, -0.2) is 22.2 Å². The van der Waals surface area contributed by atoms with Crippen LogP contribution < -0.4 is 4.72 Å². The third-order valence-corrected chi connectivity index (χ3v) is 11.2. The molecule has 0 saturated heterocycles. The molecular formula is C25H29F2N3O3S3. The molecule has 194 valence electrons. The van der Waals surface area contributed by atoms with Gasteiger partial charge in [0.25, 0.3) is 0 Å². The topological polar surface area (TPSA) is 106 Å². The van der Waals surface area contributed by atoms with Crippen molar-refractivity contribution >= 4 is 42.8 Å². The van der Waals surface area contributed by atoms with E-state index in [9.17, 15) is 27.0 Å². The minimum atomic E-state index is -4.31. The SMILES string of the molecule is Cc1nc2cc(CC(C)(C#N)S(=O)(=O)CC(C)(N[S@@+]([O-])C(C)(C)C)c3cc(F)ccc3F)ccc2s1. The Bertz CT molecular complexity index is 1430. The van der Waals surface area contributed by atoms with E-state index in [4.69, 9.17) is 0 Å². The molecule has 1 N–H and O–H groups in total. The maximum absolute atomic E-state index is 14.9. The van der Waals surface area contributed by atoms with Gasteiger partial charge in [-0.15, -0.1) is 16.1 Å². The summed E-state index contributed by atoms with van der Waals surface area (Å²) in [6.07, 6.45) is -0.136. The monoisotopic (exact) mass is 553 g/mol. The zero-order valence-electron chi connectivity index (χ0n) is 21.0. The van der Waals surface area contributed by atoms with Gasteiger partial charge in [0.05, 0.1) is 27.0 Å². The fourth-order valence-corrected chi connectivity index (χ4v) is 7.41. The number of aromatic nitrogens is 1. The third-order valence-electron chi connectivity index (χ3n) is 5.90. The molecule has 2 aromatic carbocycles. The summed E-state index contributed by atoms with van der Waals surface area (Å²) in [5, 5.41) is 10.9. The Labute approximate surface area is 218 Å². The lowest BCUT2D eigenvalue weighted by Gasteiger charge is -2.36. The van der Waals surface area contributed by atoms with E-state index in [-0.39, 0.29) is 12.0 Å². The molecule has 3 atom stereocenters. The molecule has 0 amide bonds. The van der Waals surface area contributed by atoms with Crippen LogP contribution in [-0.2, 0) is 33.2 Å². The Morgan fingerprint density at radius 3 is 2.42 bits per heavy atom. The standard InChI is InChI=1S/C25H29F2N3O3S3/c1-16-29-21-11-17(7-10-22(21)34-16)13-24(5,14-28)36(32,33)15-25(6,30-35(31)23(2,3)4)19-12-18(26)8-9-20(19)27/h7-12,30H,13,15H2,1-6H3/t24?,25?,35-/m0/s1. The van der Waals surface area contributed by atoms with Crippen LogP contribution in [0.5, 0.6) is 0 Å². The molecular weight excluding hydrogens is 524 g/mol. The minimum Gasteiger partial charge on any atom is -0.598 e. The number of rotatable bonds is 8. The predicted molar refractivity (Wildman–Crippen MR) is 141 cm³/mol. The highest BCUT2D eigenvalue weighted by Crippen LogP contribution is 2.34. The van der Waals surface area contributed by atoms with Gasteiger partial charge >= 0.3 is 0 Å². The van der Waals surface area contributed by atoms with Gasteiger partial charge in [-0.3, -0.25) is 0 Å². The molecule has 36 heavy (non-hydrogen) atoms. The molecule has 0 bridgehead atoms. The second-order valence-corrected chi connectivity index (χ2v) is 15.9. The third kappa shape index (κ3) is 5.89. The summed E-state index contributed by atoms with van der Waals surface area (Å²) >= 11 is -0.322. The van der Waals surface area contributed by atoms with Crippen molar-refractivity contribution < 1.29 is 21.8 Å². The van der Waals surface area contributed by atoms with Crippen LogP contribution in [0.25, 0.3) is 10.2 Å². The lowest BCUT2D eigenvalue weighted by Crippen LogP contribution is -2.55. The quantitative estimate of drug-likeness (QED) is 0.390. The summed E-state index contributed by atoms with van der Waals surface area (Å²) in [7, 11) is -4.31. The highest BCUT2D eigenvalue weighted by molar-refractivity contribution is 7.93. The summed E-state index contributed by atoms with van der Waals surface area (Å²) in [6, 6.07) is 9.97. The highest BCUT2D eigenvalue weighted by atomic mass is 32.2. The summed E-state index contributed by atoms with van der Waals surface area (Å²) in [4.78, 5) is 4.43. The highest BCUT2D eigenvalue weighted by Gasteiger charge is 2.48. The van der Waals surface area contributed by atoms with Crippen LogP contribution in [0.2, 0.25) is 0 Å². The first-order valence-electron chi connectivity index (χ1n) is 11.1.